The van der Waals surface area contributed by atoms with Gasteiger partial charge in [0.25, 0.3) is 0 Å². The summed E-state index contributed by atoms with van der Waals surface area (Å²) in [4.78, 5) is 19.8. The number of alkyl halides is 2. The summed E-state index contributed by atoms with van der Waals surface area (Å²) in [6.07, 6.45) is 9.90. The number of rotatable bonds is 10. The number of fused-ring (bicyclic) bond motifs is 6. The number of nitrogens with zero attached hydrogens (tertiary/aromatic N) is 6. The Bertz CT molecular complexity index is 2160. The molecule has 5 aromatic rings. The molecule has 6 heterocycles. The molecule has 3 aromatic carbocycles. The Morgan fingerprint density at radius 2 is 1.33 bits per heavy atom. The Hall–Kier alpha value is -3.43. The van der Waals surface area contributed by atoms with Crippen molar-refractivity contribution in [3.8, 4) is 11.5 Å². The molecule has 0 spiro atoms. The van der Waals surface area contributed by atoms with E-state index in [9.17, 15) is 0 Å². The number of aromatic nitrogens is 2. The zero-order chi connectivity index (χ0) is 38.0. The second-order valence-corrected chi connectivity index (χ2v) is 20.2. The van der Waals surface area contributed by atoms with Crippen molar-refractivity contribution in [1.29, 1.82) is 0 Å². The first-order valence-corrected chi connectivity index (χ1v) is 23.5. The molecule has 0 bridgehead atoms. The summed E-state index contributed by atoms with van der Waals surface area (Å²) >= 11 is -0.0844. The maximum absolute atomic E-state index is 6.54. The molecule has 3 fully saturated rings. The van der Waals surface area contributed by atoms with Crippen LogP contribution >= 0.6 is 0 Å². The van der Waals surface area contributed by atoms with Crippen LogP contribution in [0.2, 0.25) is 0 Å². The fourth-order valence-corrected chi connectivity index (χ4v) is 13.3. The summed E-state index contributed by atoms with van der Waals surface area (Å²) in [7, 11) is 0. The molecule has 1 unspecified atom stereocenters. The van der Waals surface area contributed by atoms with Crippen LogP contribution in [0.25, 0.3) is 21.8 Å². The van der Waals surface area contributed by atoms with E-state index in [2.05, 4.69) is 86.3 Å². The molecule has 2 saturated heterocycles. The number of halogens is 1. The van der Waals surface area contributed by atoms with Gasteiger partial charge in [-0.2, -0.15) is 0 Å². The second-order valence-electron chi connectivity index (χ2n) is 16.4. The van der Waals surface area contributed by atoms with Crippen molar-refractivity contribution in [1.82, 2.24) is 29.6 Å². The number of hydrogen-bond acceptors (Lipinski definition) is 10. The van der Waals surface area contributed by atoms with E-state index < -0.39 is 0 Å². The first kappa shape index (κ1) is 37.8. The van der Waals surface area contributed by atoms with Crippen LogP contribution in [0, 0.1) is 0 Å². The van der Waals surface area contributed by atoms with Crippen LogP contribution in [-0.2, 0) is 42.1 Å². The van der Waals surface area contributed by atoms with Crippen molar-refractivity contribution < 1.29 is 40.2 Å². The fourth-order valence-electron chi connectivity index (χ4n) is 9.53. The molecular formula is C46H54IN6O4-. The van der Waals surface area contributed by atoms with Crippen molar-refractivity contribution in [2.75, 3.05) is 66.0 Å². The van der Waals surface area contributed by atoms with Gasteiger partial charge in [-0.3, -0.25) is 0 Å². The van der Waals surface area contributed by atoms with Crippen LogP contribution in [0.4, 0.5) is 0 Å². The Morgan fingerprint density at radius 3 is 2.07 bits per heavy atom. The van der Waals surface area contributed by atoms with Gasteiger partial charge in [-0.1, -0.05) is 30.3 Å². The quantitative estimate of drug-likeness (QED) is 0.154. The molecule has 4 aliphatic heterocycles. The molecule has 1 aliphatic carbocycles. The molecule has 0 N–H and O–H groups in total. The molecule has 5 aliphatic rings. The molecular weight excluding hydrogens is 827 g/mol. The molecule has 0 radical (unpaired) electrons. The molecule has 11 heteroatoms. The monoisotopic (exact) mass is 881 g/mol. The van der Waals surface area contributed by atoms with Gasteiger partial charge in [-0.25, -0.2) is 0 Å². The van der Waals surface area contributed by atoms with Crippen molar-refractivity contribution >= 4 is 21.8 Å². The summed E-state index contributed by atoms with van der Waals surface area (Å²) < 4.78 is 26.3. The fraction of sp³-hybridized carbons (Fsp3) is 0.478. The van der Waals surface area contributed by atoms with Gasteiger partial charge < -0.3 is 4.74 Å². The molecule has 57 heavy (non-hydrogen) atoms. The van der Waals surface area contributed by atoms with Crippen molar-refractivity contribution in [2.45, 2.75) is 72.4 Å². The minimum absolute atomic E-state index is 0.0844. The largest absolute Gasteiger partial charge is 0.0620 e. The third kappa shape index (κ3) is 8.53. The van der Waals surface area contributed by atoms with E-state index in [-0.39, 0.29) is 21.2 Å². The van der Waals surface area contributed by atoms with Gasteiger partial charge in [0.2, 0.25) is 0 Å². The normalized spacial score (nSPS) is 23.9. The maximum atomic E-state index is 6.54. The van der Waals surface area contributed by atoms with E-state index >= 15 is 0 Å². The van der Waals surface area contributed by atoms with Gasteiger partial charge >= 0.3 is 300 Å². The molecule has 1 atom stereocenters. The van der Waals surface area contributed by atoms with E-state index in [0.717, 1.165) is 112 Å². The Balaban J connectivity index is 0.752. The van der Waals surface area contributed by atoms with Crippen LogP contribution < -0.4 is 30.7 Å². The summed E-state index contributed by atoms with van der Waals surface area (Å²) in [5.74, 6) is 1.95. The summed E-state index contributed by atoms with van der Waals surface area (Å²) in [5, 5.41) is 2.43. The molecule has 10 rings (SSSR count). The zero-order valence-corrected chi connectivity index (χ0v) is 35.0. The summed E-state index contributed by atoms with van der Waals surface area (Å²) in [5.41, 5.74) is 8.63. The van der Waals surface area contributed by atoms with Crippen LogP contribution in [0.1, 0.15) is 53.5 Å². The van der Waals surface area contributed by atoms with E-state index in [4.69, 9.17) is 28.9 Å². The van der Waals surface area contributed by atoms with Gasteiger partial charge in [-0.15, -0.1) is 0 Å². The third-order valence-electron chi connectivity index (χ3n) is 12.6. The molecule has 10 nitrogen and oxygen atoms in total. The average Bonchev–Trinajstić information content (AvgIpc) is 3.27. The van der Waals surface area contributed by atoms with Gasteiger partial charge in [0, 0.05) is 0 Å². The third-order valence-corrected chi connectivity index (χ3v) is 16.4. The SMILES string of the molecule is c1ccc(CCN2COc3c(cc(CN4CCOC([I-]C5CCC(N6COc7c(cc(CN8CCOCC8)c8cccnc78)C6)CC5)C4)c4cccnc34)C2)cc1. The predicted octanol–water partition coefficient (Wildman–Crippen LogP) is 3.42. The average molecular weight is 882 g/mol. The Labute approximate surface area is 346 Å². The topological polar surface area (TPSA) is 75.7 Å². The van der Waals surface area contributed by atoms with E-state index in [1.54, 1.807) is 0 Å². The van der Waals surface area contributed by atoms with E-state index in [1.807, 2.05) is 12.4 Å². The van der Waals surface area contributed by atoms with Crippen LogP contribution in [0.3, 0.4) is 0 Å². The number of benzene rings is 3. The standard InChI is InChI=1S/C46H54IN6O4/c1-2-6-33(7-3-1)14-17-52-28-36-24-35(41-9-5-15-48-43(41)45(36)56-31-52)27-51-20-23-55-42(30-51)47-38-10-12-39(13-11-38)53-29-37-25-34(26-50-18-21-54-22-19-50)40-8-4-16-49-44(40)46(37)57-32-53/h1-9,15-16,24-25,38-39,42H,10-14,17-23,26-32H2/q-1. The van der Waals surface area contributed by atoms with Crippen molar-refractivity contribution in [3.63, 3.8) is 0 Å². The number of hydrogen-bond donors (Lipinski definition) is 0. The Morgan fingerprint density at radius 1 is 0.667 bits per heavy atom. The molecule has 2 aromatic heterocycles. The summed E-state index contributed by atoms with van der Waals surface area (Å²) in [6.45, 7) is 12.3. The van der Waals surface area contributed by atoms with E-state index in [1.165, 1.54) is 64.3 Å². The molecule has 1 saturated carbocycles. The second kappa shape index (κ2) is 17.4. The zero-order valence-electron chi connectivity index (χ0n) is 32.9. The minimum atomic E-state index is -0.0844. The number of ether oxygens (including phenoxy) is 4. The number of morpholine rings is 2. The predicted molar refractivity (Wildman–Crippen MR) is 218 cm³/mol. The maximum Gasteiger partial charge on any atom is -0.0590 e. The molecule has 0 amide bonds. The van der Waals surface area contributed by atoms with Crippen molar-refractivity contribution in [2.24, 2.45) is 0 Å². The Kier molecular flexibility index (Phi) is 11.6. The van der Waals surface area contributed by atoms with Gasteiger partial charge in [0.05, 0.1) is 13.2 Å². The number of pyridine rings is 2. The van der Waals surface area contributed by atoms with Crippen LogP contribution in [-0.4, -0.2) is 110 Å². The summed E-state index contributed by atoms with van der Waals surface area (Å²) in [6, 6.07) is 24.7. The first-order chi connectivity index (χ1) is 28.2. The molecule has 300 valence electrons. The minimum Gasteiger partial charge on any atom is -0.0620 e. The van der Waals surface area contributed by atoms with E-state index in [0.29, 0.717) is 23.6 Å². The first-order valence-electron chi connectivity index (χ1n) is 21.0. The van der Waals surface area contributed by atoms with Crippen molar-refractivity contribution in [3.05, 3.63) is 107 Å². The van der Waals surface area contributed by atoms with Crippen LogP contribution in [0.5, 0.6) is 11.5 Å². The van der Waals surface area contributed by atoms with Gasteiger partial charge in [0.1, 0.15) is 0 Å². The van der Waals surface area contributed by atoms with Gasteiger partial charge in [0.15, 0.2) is 0 Å². The smallest absolute Gasteiger partial charge is 0.0590 e. The van der Waals surface area contributed by atoms with Crippen LogP contribution in [0.15, 0.2) is 79.1 Å². The van der Waals surface area contributed by atoms with Gasteiger partial charge in [-0.05, 0) is 0 Å².